The zero-order valence-corrected chi connectivity index (χ0v) is 23.0. The Morgan fingerprint density at radius 3 is 1.64 bits per heavy atom. The Labute approximate surface area is 230 Å². The molecule has 0 bridgehead atoms. The van der Waals surface area contributed by atoms with Gasteiger partial charge in [-0.05, 0) is 51.9 Å². The average molecular weight is 516 g/mol. The lowest BCUT2D eigenvalue weighted by molar-refractivity contribution is 1.18. The summed E-state index contributed by atoms with van der Waals surface area (Å²) < 4.78 is 2.40. The normalized spacial score (nSPS) is 11.7. The molecule has 6 aromatic carbocycles. The van der Waals surface area contributed by atoms with Crippen molar-refractivity contribution in [2.75, 3.05) is 0 Å². The smallest absolute Gasteiger partial charge is 0.179 e. The number of aromatic nitrogens is 1. The minimum atomic E-state index is -2.63. The largest absolute Gasteiger partial charge is 0.309 e. The molecule has 0 amide bonds. The van der Waals surface area contributed by atoms with Crippen molar-refractivity contribution in [2.45, 2.75) is 6.92 Å². The molecular weight excluding hydrogens is 487 g/mol. The molecule has 1 heterocycles. The molecule has 7 rings (SSSR count). The van der Waals surface area contributed by atoms with Crippen LogP contribution in [0.2, 0.25) is 0 Å². The van der Waals surface area contributed by atoms with E-state index in [-0.39, 0.29) is 0 Å². The summed E-state index contributed by atoms with van der Waals surface area (Å²) in [7, 11) is -2.63. The second-order valence-electron chi connectivity index (χ2n) is 10.2. The van der Waals surface area contributed by atoms with Gasteiger partial charge in [-0.15, -0.1) is 0 Å². The van der Waals surface area contributed by atoms with Crippen LogP contribution in [-0.4, -0.2) is 12.6 Å². The van der Waals surface area contributed by atoms with Crippen LogP contribution in [0.15, 0.2) is 158 Å². The van der Waals surface area contributed by atoms with Crippen molar-refractivity contribution < 1.29 is 0 Å². The maximum Gasteiger partial charge on any atom is 0.179 e. The molecule has 186 valence electrons. The third-order valence-electron chi connectivity index (χ3n) is 8.08. The predicted molar refractivity (Wildman–Crippen MR) is 169 cm³/mol. The van der Waals surface area contributed by atoms with Crippen LogP contribution in [0.3, 0.4) is 0 Å². The monoisotopic (exact) mass is 515 g/mol. The lowest BCUT2D eigenvalue weighted by Crippen LogP contribution is -2.75. The number of benzene rings is 6. The molecule has 0 saturated carbocycles. The molecule has 0 radical (unpaired) electrons. The highest BCUT2D eigenvalue weighted by Gasteiger charge is 2.42. The molecule has 7 aromatic rings. The van der Waals surface area contributed by atoms with Crippen molar-refractivity contribution in [1.82, 2.24) is 4.57 Å². The number of rotatable bonds is 5. The van der Waals surface area contributed by atoms with Crippen LogP contribution >= 0.6 is 0 Å². The molecule has 0 aliphatic carbocycles. The van der Waals surface area contributed by atoms with Crippen molar-refractivity contribution >= 4 is 50.6 Å². The molecule has 1 nitrogen and oxygen atoms in total. The Morgan fingerprint density at radius 1 is 0.436 bits per heavy atom. The third-order valence-corrected chi connectivity index (χ3v) is 13.0. The van der Waals surface area contributed by atoms with Gasteiger partial charge >= 0.3 is 0 Å². The van der Waals surface area contributed by atoms with E-state index in [2.05, 4.69) is 169 Å². The van der Waals surface area contributed by atoms with E-state index >= 15 is 0 Å². The van der Waals surface area contributed by atoms with Crippen LogP contribution in [0, 0.1) is 6.92 Å². The van der Waals surface area contributed by atoms with Crippen LogP contribution in [0.1, 0.15) is 5.56 Å². The molecule has 39 heavy (non-hydrogen) atoms. The van der Waals surface area contributed by atoms with Crippen molar-refractivity contribution in [3.63, 3.8) is 0 Å². The van der Waals surface area contributed by atoms with E-state index in [4.69, 9.17) is 0 Å². The molecule has 0 N–H and O–H groups in total. The number of nitrogens with zero attached hydrogens (tertiary/aromatic N) is 1. The minimum Gasteiger partial charge on any atom is -0.309 e. The van der Waals surface area contributed by atoms with E-state index in [1.54, 1.807) is 0 Å². The fourth-order valence-corrected chi connectivity index (χ4v) is 11.4. The van der Waals surface area contributed by atoms with Gasteiger partial charge in [-0.25, -0.2) is 0 Å². The van der Waals surface area contributed by atoms with Crippen LogP contribution in [0.25, 0.3) is 27.5 Å². The first-order valence-corrected chi connectivity index (χ1v) is 15.5. The van der Waals surface area contributed by atoms with Gasteiger partial charge in [0.1, 0.15) is 0 Å². The molecule has 0 spiro atoms. The quantitative estimate of drug-likeness (QED) is 0.183. The molecule has 0 aliphatic rings. The summed E-state index contributed by atoms with van der Waals surface area (Å²) in [6.45, 7) is 2.27. The second kappa shape index (κ2) is 9.58. The molecular formula is C37H29NSi. The molecule has 0 unspecified atom stereocenters. The molecule has 1 aromatic heterocycles. The number of aryl methyl sites for hydroxylation is 1. The molecule has 2 heteroatoms. The van der Waals surface area contributed by atoms with Gasteiger partial charge in [0.25, 0.3) is 0 Å². The van der Waals surface area contributed by atoms with Crippen LogP contribution in [0.4, 0.5) is 0 Å². The highest BCUT2D eigenvalue weighted by atomic mass is 28.3. The Bertz CT molecular complexity index is 1860. The summed E-state index contributed by atoms with van der Waals surface area (Å²) in [4.78, 5) is 0. The molecule has 0 saturated heterocycles. The van der Waals surface area contributed by atoms with E-state index in [0.717, 1.165) is 0 Å². The summed E-state index contributed by atoms with van der Waals surface area (Å²) in [5, 5.41) is 8.22. The standard InChI is InChI=1S/C37H29NSi/c1-28-15-11-14-24-37(28)39(30-18-7-3-8-19-30,31-20-9-4-10-21-31)32-25-26-36-34(27-32)33-22-12-13-23-35(33)38(36)29-16-5-2-6-17-29/h2-27H,1H3. The van der Waals surface area contributed by atoms with Crippen molar-refractivity contribution in [2.24, 2.45) is 0 Å². The summed E-state index contributed by atoms with van der Waals surface area (Å²) in [5.74, 6) is 0. The van der Waals surface area contributed by atoms with Crippen LogP contribution in [-0.2, 0) is 0 Å². The van der Waals surface area contributed by atoms with E-state index < -0.39 is 8.07 Å². The summed E-state index contributed by atoms with van der Waals surface area (Å²) in [6.07, 6.45) is 0. The fourth-order valence-electron chi connectivity index (χ4n) is 6.40. The summed E-state index contributed by atoms with van der Waals surface area (Å²) >= 11 is 0. The van der Waals surface area contributed by atoms with E-state index in [1.165, 1.54) is 53.8 Å². The van der Waals surface area contributed by atoms with Gasteiger partial charge in [0, 0.05) is 16.5 Å². The number of para-hydroxylation sites is 2. The van der Waals surface area contributed by atoms with Crippen molar-refractivity contribution in [1.29, 1.82) is 0 Å². The molecule has 0 aliphatic heterocycles. The minimum absolute atomic E-state index is 1.19. The Kier molecular flexibility index (Phi) is 5.76. The van der Waals surface area contributed by atoms with Crippen molar-refractivity contribution in [3.05, 3.63) is 163 Å². The topological polar surface area (TPSA) is 4.93 Å². The fraction of sp³-hybridized carbons (Fsp3) is 0.0270. The zero-order valence-electron chi connectivity index (χ0n) is 22.0. The van der Waals surface area contributed by atoms with E-state index in [0.29, 0.717) is 0 Å². The molecule has 0 fully saturated rings. The van der Waals surface area contributed by atoms with Gasteiger partial charge in [0.2, 0.25) is 0 Å². The number of hydrogen-bond acceptors (Lipinski definition) is 0. The van der Waals surface area contributed by atoms with Gasteiger partial charge in [-0.1, -0.05) is 139 Å². The highest BCUT2D eigenvalue weighted by Crippen LogP contribution is 2.31. The average Bonchev–Trinajstić information content (AvgIpc) is 3.34. The van der Waals surface area contributed by atoms with Gasteiger partial charge < -0.3 is 4.57 Å². The van der Waals surface area contributed by atoms with Gasteiger partial charge in [0.05, 0.1) is 11.0 Å². The SMILES string of the molecule is Cc1ccccc1[Si](c1ccccc1)(c1ccccc1)c1ccc2c(c1)c1ccccc1n2-c1ccccc1. The number of hydrogen-bond donors (Lipinski definition) is 0. The van der Waals surface area contributed by atoms with Crippen LogP contribution in [0.5, 0.6) is 0 Å². The number of fused-ring (bicyclic) bond motifs is 3. The Balaban J connectivity index is 1.62. The summed E-state index contributed by atoms with van der Waals surface area (Å²) in [5.41, 5.74) is 4.99. The maximum absolute atomic E-state index is 2.63. The maximum atomic E-state index is 2.50. The van der Waals surface area contributed by atoms with Gasteiger partial charge in [-0.2, -0.15) is 0 Å². The van der Waals surface area contributed by atoms with E-state index in [9.17, 15) is 0 Å². The zero-order chi connectivity index (χ0) is 26.2. The first kappa shape index (κ1) is 23.5. The third kappa shape index (κ3) is 3.68. The lowest BCUT2D eigenvalue weighted by Gasteiger charge is -2.35. The summed E-state index contributed by atoms with van der Waals surface area (Å²) in [6, 6.07) is 58.1. The van der Waals surface area contributed by atoms with Gasteiger partial charge in [-0.3, -0.25) is 0 Å². The second-order valence-corrected chi connectivity index (χ2v) is 14.0. The first-order valence-electron chi connectivity index (χ1n) is 13.5. The van der Waals surface area contributed by atoms with Gasteiger partial charge in [0.15, 0.2) is 8.07 Å². The highest BCUT2D eigenvalue weighted by molar-refractivity contribution is 7.20. The molecule has 0 atom stereocenters. The Morgan fingerprint density at radius 2 is 0.974 bits per heavy atom. The predicted octanol–water partition coefficient (Wildman–Crippen LogP) is 6.47. The van der Waals surface area contributed by atoms with E-state index in [1.807, 2.05) is 0 Å². The van der Waals surface area contributed by atoms with Crippen LogP contribution < -0.4 is 20.7 Å². The Hall–Kier alpha value is -4.66. The van der Waals surface area contributed by atoms with Crippen molar-refractivity contribution in [3.8, 4) is 5.69 Å². The lowest BCUT2D eigenvalue weighted by atomic mass is 10.1. The first-order chi connectivity index (χ1) is 19.3.